The monoisotopic (exact) mass is 290 g/mol. The Kier molecular flexibility index (Phi) is 4.29. The van der Waals surface area contributed by atoms with Crippen molar-refractivity contribution < 1.29 is 14.3 Å². The number of ether oxygens (including phenoxy) is 2. The van der Waals surface area contributed by atoms with Crippen molar-refractivity contribution in [3.63, 3.8) is 0 Å². The summed E-state index contributed by atoms with van der Waals surface area (Å²) in [7, 11) is 0. The topological polar surface area (TPSA) is 50.8 Å². The second-order valence-corrected chi connectivity index (χ2v) is 5.56. The van der Waals surface area contributed by atoms with Crippen LogP contribution in [0, 0.1) is 5.92 Å². The number of carbonyl (C=O) groups excluding carboxylic acids is 1. The first kappa shape index (κ1) is 14.2. The van der Waals surface area contributed by atoms with Crippen molar-refractivity contribution in [2.45, 2.75) is 19.4 Å². The Labute approximate surface area is 125 Å². The summed E-state index contributed by atoms with van der Waals surface area (Å²) in [4.78, 5) is 14.4. The van der Waals surface area contributed by atoms with E-state index < -0.39 is 0 Å². The average Bonchev–Trinajstić information content (AvgIpc) is 3.06. The van der Waals surface area contributed by atoms with Gasteiger partial charge in [0.05, 0.1) is 12.5 Å². The molecule has 1 N–H and O–H groups in total. The Morgan fingerprint density at radius 3 is 2.90 bits per heavy atom. The van der Waals surface area contributed by atoms with E-state index in [1.165, 1.54) is 0 Å². The molecule has 1 amide bonds. The van der Waals surface area contributed by atoms with Gasteiger partial charge in [0.15, 0.2) is 17.6 Å². The number of benzene rings is 1. The number of nitrogens with one attached hydrogen (secondary N) is 1. The van der Waals surface area contributed by atoms with Crippen LogP contribution in [-0.4, -0.2) is 49.7 Å². The first-order valence-corrected chi connectivity index (χ1v) is 7.66. The van der Waals surface area contributed by atoms with Crippen LogP contribution in [0.5, 0.6) is 11.5 Å². The molecule has 2 aliphatic heterocycles. The molecule has 3 rings (SSSR count). The SMILES string of the molecule is CCN(CC1COc2ccccc2O1)C(=O)C1CCNC1. The quantitative estimate of drug-likeness (QED) is 0.908. The van der Waals surface area contributed by atoms with Gasteiger partial charge in [0, 0.05) is 13.1 Å². The predicted molar refractivity (Wildman–Crippen MR) is 79.6 cm³/mol. The van der Waals surface area contributed by atoms with E-state index in [1.54, 1.807) is 0 Å². The fraction of sp³-hybridized carbons (Fsp3) is 0.562. The molecule has 0 aromatic heterocycles. The first-order chi connectivity index (χ1) is 10.3. The molecule has 1 saturated heterocycles. The summed E-state index contributed by atoms with van der Waals surface area (Å²) in [5.74, 6) is 1.88. The van der Waals surface area contributed by atoms with Crippen molar-refractivity contribution in [3.05, 3.63) is 24.3 Å². The summed E-state index contributed by atoms with van der Waals surface area (Å²) in [5, 5.41) is 3.25. The third-order valence-electron chi connectivity index (χ3n) is 4.09. The second kappa shape index (κ2) is 6.35. The largest absolute Gasteiger partial charge is 0.486 e. The van der Waals surface area contributed by atoms with Gasteiger partial charge >= 0.3 is 0 Å². The van der Waals surface area contributed by atoms with Crippen LogP contribution in [0.3, 0.4) is 0 Å². The maximum Gasteiger partial charge on any atom is 0.227 e. The maximum atomic E-state index is 12.5. The van der Waals surface area contributed by atoms with Gasteiger partial charge in [-0.2, -0.15) is 0 Å². The van der Waals surface area contributed by atoms with Crippen LogP contribution in [-0.2, 0) is 4.79 Å². The van der Waals surface area contributed by atoms with Crippen LogP contribution in [0.2, 0.25) is 0 Å². The summed E-state index contributed by atoms with van der Waals surface area (Å²) in [6.45, 7) is 5.52. The zero-order valence-electron chi connectivity index (χ0n) is 12.4. The standard InChI is InChI=1S/C16H22N2O3/c1-2-18(16(19)12-7-8-17-9-12)10-13-11-20-14-5-3-4-6-15(14)21-13/h3-6,12-13,17H,2,7-11H2,1H3. The van der Waals surface area contributed by atoms with Gasteiger partial charge in [0.25, 0.3) is 0 Å². The molecule has 5 heteroatoms. The van der Waals surface area contributed by atoms with Gasteiger partial charge in [-0.25, -0.2) is 0 Å². The molecule has 5 nitrogen and oxygen atoms in total. The smallest absolute Gasteiger partial charge is 0.227 e. The van der Waals surface area contributed by atoms with Crippen LogP contribution in [0.15, 0.2) is 24.3 Å². The van der Waals surface area contributed by atoms with Gasteiger partial charge in [-0.3, -0.25) is 4.79 Å². The fourth-order valence-corrected chi connectivity index (χ4v) is 2.90. The lowest BCUT2D eigenvalue weighted by molar-refractivity contribution is -0.136. The number of nitrogens with zero attached hydrogens (tertiary/aromatic N) is 1. The molecule has 0 saturated carbocycles. The molecule has 2 aliphatic rings. The summed E-state index contributed by atoms with van der Waals surface area (Å²) >= 11 is 0. The predicted octanol–water partition coefficient (Wildman–Crippen LogP) is 1.28. The highest BCUT2D eigenvalue weighted by atomic mass is 16.6. The molecule has 21 heavy (non-hydrogen) atoms. The summed E-state index contributed by atoms with van der Waals surface area (Å²) < 4.78 is 11.7. The van der Waals surface area contributed by atoms with Crippen LogP contribution in [0.25, 0.3) is 0 Å². The lowest BCUT2D eigenvalue weighted by atomic mass is 10.1. The molecule has 2 heterocycles. The molecule has 1 aromatic rings. The third kappa shape index (κ3) is 3.13. The van der Waals surface area contributed by atoms with Crippen LogP contribution in [0.1, 0.15) is 13.3 Å². The maximum absolute atomic E-state index is 12.5. The zero-order valence-corrected chi connectivity index (χ0v) is 12.4. The molecule has 0 bridgehead atoms. The molecule has 1 fully saturated rings. The number of para-hydroxylation sites is 2. The van der Waals surface area contributed by atoms with Crippen molar-refractivity contribution in [3.8, 4) is 11.5 Å². The van der Waals surface area contributed by atoms with Crippen molar-refractivity contribution in [2.24, 2.45) is 5.92 Å². The molecule has 1 aromatic carbocycles. The van der Waals surface area contributed by atoms with E-state index in [4.69, 9.17) is 9.47 Å². The van der Waals surface area contributed by atoms with Crippen molar-refractivity contribution >= 4 is 5.91 Å². The highest BCUT2D eigenvalue weighted by Crippen LogP contribution is 2.31. The lowest BCUT2D eigenvalue weighted by Gasteiger charge is -2.32. The molecule has 0 spiro atoms. The molecule has 114 valence electrons. The van der Waals surface area contributed by atoms with E-state index in [1.807, 2.05) is 36.1 Å². The van der Waals surface area contributed by atoms with Crippen LogP contribution < -0.4 is 14.8 Å². The van der Waals surface area contributed by atoms with E-state index in [0.29, 0.717) is 19.7 Å². The Hall–Kier alpha value is -1.75. The van der Waals surface area contributed by atoms with E-state index in [9.17, 15) is 4.79 Å². The second-order valence-electron chi connectivity index (χ2n) is 5.56. The normalized spacial score (nSPS) is 23.9. The van der Waals surface area contributed by atoms with Crippen molar-refractivity contribution in [2.75, 3.05) is 32.8 Å². The Morgan fingerprint density at radius 2 is 2.19 bits per heavy atom. The number of fused-ring (bicyclic) bond motifs is 1. The number of amides is 1. The highest BCUT2D eigenvalue weighted by molar-refractivity contribution is 5.79. The fourth-order valence-electron chi connectivity index (χ4n) is 2.90. The van der Waals surface area contributed by atoms with E-state index in [0.717, 1.165) is 31.0 Å². The minimum atomic E-state index is -0.0989. The Bertz CT molecular complexity index is 500. The van der Waals surface area contributed by atoms with Gasteiger partial charge in [-0.15, -0.1) is 0 Å². The van der Waals surface area contributed by atoms with Crippen LogP contribution in [0.4, 0.5) is 0 Å². The van der Waals surface area contributed by atoms with Crippen molar-refractivity contribution in [1.29, 1.82) is 0 Å². The number of carbonyl (C=O) groups is 1. The van der Waals surface area contributed by atoms with Gasteiger partial charge in [-0.05, 0) is 32.0 Å². The highest BCUT2D eigenvalue weighted by Gasteiger charge is 2.30. The molecule has 0 radical (unpaired) electrons. The van der Waals surface area contributed by atoms with Gasteiger partial charge < -0.3 is 19.7 Å². The minimum absolute atomic E-state index is 0.0989. The third-order valence-corrected chi connectivity index (χ3v) is 4.09. The zero-order chi connectivity index (χ0) is 14.7. The van der Waals surface area contributed by atoms with E-state index in [2.05, 4.69) is 5.32 Å². The Morgan fingerprint density at radius 1 is 1.38 bits per heavy atom. The summed E-state index contributed by atoms with van der Waals surface area (Å²) in [6, 6.07) is 7.66. The first-order valence-electron chi connectivity index (χ1n) is 7.66. The molecule has 2 unspecified atom stereocenters. The summed E-state index contributed by atoms with van der Waals surface area (Å²) in [6.07, 6.45) is 0.832. The lowest BCUT2D eigenvalue weighted by Crippen LogP contribution is -2.45. The number of hydrogen-bond acceptors (Lipinski definition) is 4. The van der Waals surface area contributed by atoms with Gasteiger partial charge in [0.1, 0.15) is 6.61 Å². The molecule has 0 aliphatic carbocycles. The summed E-state index contributed by atoms with van der Waals surface area (Å²) in [5.41, 5.74) is 0. The Balaban J connectivity index is 1.61. The van der Waals surface area contributed by atoms with Gasteiger partial charge in [0.2, 0.25) is 5.91 Å². The minimum Gasteiger partial charge on any atom is -0.486 e. The number of hydrogen-bond donors (Lipinski definition) is 1. The molecule has 2 atom stereocenters. The molecular formula is C16H22N2O3. The average molecular weight is 290 g/mol. The van der Waals surface area contributed by atoms with E-state index >= 15 is 0 Å². The van der Waals surface area contributed by atoms with Gasteiger partial charge in [-0.1, -0.05) is 12.1 Å². The number of rotatable bonds is 4. The number of likely N-dealkylation sites (N-methyl/N-ethyl adjacent to an activating group) is 1. The van der Waals surface area contributed by atoms with Crippen LogP contribution >= 0.6 is 0 Å². The van der Waals surface area contributed by atoms with Crippen molar-refractivity contribution in [1.82, 2.24) is 10.2 Å². The molecular weight excluding hydrogens is 268 g/mol. The van der Waals surface area contributed by atoms with E-state index in [-0.39, 0.29) is 17.9 Å².